The minimum absolute atomic E-state index is 0.107. The highest BCUT2D eigenvalue weighted by molar-refractivity contribution is 6.10. The van der Waals surface area contributed by atoms with Crippen LogP contribution < -0.4 is 0 Å². The first-order valence-corrected chi connectivity index (χ1v) is 6.09. The van der Waals surface area contributed by atoms with Gasteiger partial charge in [0.1, 0.15) is 5.69 Å². The van der Waals surface area contributed by atoms with E-state index in [-0.39, 0.29) is 5.78 Å². The van der Waals surface area contributed by atoms with Crippen LogP contribution in [0.25, 0.3) is 0 Å². The maximum atomic E-state index is 12.3. The second kappa shape index (κ2) is 5.52. The summed E-state index contributed by atoms with van der Waals surface area (Å²) in [5.41, 5.74) is 2.29. The lowest BCUT2D eigenvalue weighted by molar-refractivity contribution is 0.0520. The molecular weight excluding hydrogens is 242 g/mol. The number of carbonyl (C=O) groups excluding carboxylic acids is 2. The number of esters is 1. The lowest BCUT2D eigenvalue weighted by Gasteiger charge is -2.02. The minimum Gasteiger partial charge on any atom is -0.461 e. The Morgan fingerprint density at radius 3 is 2.68 bits per heavy atom. The van der Waals surface area contributed by atoms with E-state index in [0.29, 0.717) is 23.4 Å². The molecule has 0 atom stereocenters. The third-order valence-electron chi connectivity index (χ3n) is 2.83. The van der Waals surface area contributed by atoms with Crippen molar-refractivity contribution >= 4 is 11.8 Å². The number of rotatable bonds is 4. The molecule has 0 saturated heterocycles. The van der Waals surface area contributed by atoms with Crippen LogP contribution in [0.4, 0.5) is 0 Å². The fourth-order valence-corrected chi connectivity index (χ4v) is 1.84. The number of aromatic nitrogens is 1. The van der Waals surface area contributed by atoms with Crippen LogP contribution in [0.5, 0.6) is 0 Å². The van der Waals surface area contributed by atoms with Crippen LogP contribution in [0.2, 0.25) is 0 Å². The fraction of sp³-hybridized carbons (Fsp3) is 0.200. The largest absolute Gasteiger partial charge is 0.461 e. The van der Waals surface area contributed by atoms with Crippen molar-refractivity contribution in [3.8, 4) is 0 Å². The van der Waals surface area contributed by atoms with E-state index in [1.54, 1.807) is 13.0 Å². The highest BCUT2D eigenvalue weighted by atomic mass is 16.5. The molecule has 4 nitrogen and oxygen atoms in total. The van der Waals surface area contributed by atoms with Crippen LogP contribution in [0, 0.1) is 6.92 Å². The van der Waals surface area contributed by atoms with Crippen molar-refractivity contribution in [3.05, 3.63) is 58.9 Å². The van der Waals surface area contributed by atoms with Crippen LogP contribution in [0.15, 0.2) is 36.5 Å². The number of ether oxygens (including phenoxy) is 1. The number of ketones is 1. The van der Waals surface area contributed by atoms with E-state index < -0.39 is 5.97 Å². The minimum atomic E-state index is -0.452. The van der Waals surface area contributed by atoms with Crippen LogP contribution in [-0.2, 0) is 4.74 Å². The summed E-state index contributed by atoms with van der Waals surface area (Å²) in [7, 11) is 0. The SMILES string of the molecule is CCOC(=O)c1cc(C(=O)c2ccccc2C)c[nH]1. The number of carbonyl (C=O) groups is 2. The third kappa shape index (κ3) is 2.73. The molecule has 1 heterocycles. The molecule has 1 aromatic heterocycles. The lowest BCUT2D eigenvalue weighted by Crippen LogP contribution is -2.05. The summed E-state index contributed by atoms with van der Waals surface area (Å²) >= 11 is 0. The normalized spacial score (nSPS) is 10.2. The number of H-pyrrole nitrogens is 1. The van der Waals surface area contributed by atoms with Gasteiger partial charge < -0.3 is 9.72 Å². The third-order valence-corrected chi connectivity index (χ3v) is 2.83. The molecule has 2 aromatic rings. The molecule has 1 N–H and O–H groups in total. The first-order valence-electron chi connectivity index (χ1n) is 6.09. The van der Waals surface area contributed by atoms with Gasteiger partial charge in [0.25, 0.3) is 0 Å². The average molecular weight is 257 g/mol. The topological polar surface area (TPSA) is 59.2 Å². The van der Waals surface area contributed by atoms with Gasteiger partial charge in [-0.15, -0.1) is 0 Å². The summed E-state index contributed by atoms with van der Waals surface area (Å²) in [6, 6.07) is 8.88. The maximum Gasteiger partial charge on any atom is 0.354 e. The number of aryl methyl sites for hydroxylation is 1. The Kier molecular flexibility index (Phi) is 3.80. The van der Waals surface area contributed by atoms with Crippen LogP contribution in [0.1, 0.15) is 38.9 Å². The second-order valence-electron chi connectivity index (χ2n) is 4.17. The molecular formula is C15H15NO3. The summed E-state index contributed by atoms with van der Waals surface area (Å²) in [4.78, 5) is 26.6. The molecule has 0 fully saturated rings. The van der Waals surface area contributed by atoms with Gasteiger partial charge in [0.15, 0.2) is 5.78 Å². The molecule has 0 aliphatic rings. The fourth-order valence-electron chi connectivity index (χ4n) is 1.84. The van der Waals surface area contributed by atoms with Gasteiger partial charge in [0.2, 0.25) is 0 Å². The number of benzene rings is 1. The molecule has 1 aromatic carbocycles. The quantitative estimate of drug-likeness (QED) is 0.676. The Balaban J connectivity index is 2.26. The average Bonchev–Trinajstić information content (AvgIpc) is 2.88. The number of hydrogen-bond donors (Lipinski definition) is 1. The van der Waals surface area contributed by atoms with Crippen molar-refractivity contribution in [1.29, 1.82) is 0 Å². The zero-order chi connectivity index (χ0) is 13.8. The first-order chi connectivity index (χ1) is 9.13. The van der Waals surface area contributed by atoms with E-state index in [9.17, 15) is 9.59 Å². The maximum absolute atomic E-state index is 12.3. The van der Waals surface area contributed by atoms with E-state index in [4.69, 9.17) is 4.74 Å². The van der Waals surface area contributed by atoms with Gasteiger partial charge in [0, 0.05) is 17.3 Å². The zero-order valence-corrected chi connectivity index (χ0v) is 10.9. The summed E-state index contributed by atoms with van der Waals surface area (Å²) < 4.78 is 4.87. The Hall–Kier alpha value is -2.36. The van der Waals surface area contributed by atoms with Crippen LogP contribution in [-0.4, -0.2) is 23.3 Å². The summed E-state index contributed by atoms with van der Waals surface area (Å²) in [5, 5.41) is 0. The lowest BCUT2D eigenvalue weighted by atomic mass is 10.0. The van der Waals surface area contributed by atoms with E-state index in [2.05, 4.69) is 4.98 Å². The first kappa shape index (κ1) is 13.1. The van der Waals surface area contributed by atoms with Crippen molar-refractivity contribution in [1.82, 2.24) is 4.98 Å². The molecule has 0 saturated carbocycles. The predicted octanol–water partition coefficient (Wildman–Crippen LogP) is 2.73. The molecule has 19 heavy (non-hydrogen) atoms. The van der Waals surface area contributed by atoms with Crippen molar-refractivity contribution < 1.29 is 14.3 Å². The van der Waals surface area contributed by atoms with Gasteiger partial charge in [-0.2, -0.15) is 0 Å². The number of nitrogens with one attached hydrogen (secondary N) is 1. The molecule has 98 valence electrons. The van der Waals surface area contributed by atoms with Crippen LogP contribution in [0.3, 0.4) is 0 Å². The van der Waals surface area contributed by atoms with E-state index >= 15 is 0 Å². The van der Waals surface area contributed by atoms with Crippen LogP contribution >= 0.6 is 0 Å². The van der Waals surface area contributed by atoms with E-state index in [1.807, 2.05) is 25.1 Å². The number of hydrogen-bond acceptors (Lipinski definition) is 3. The van der Waals surface area contributed by atoms with Crippen molar-refractivity contribution in [2.75, 3.05) is 6.61 Å². The van der Waals surface area contributed by atoms with Crippen molar-refractivity contribution in [3.63, 3.8) is 0 Å². The Bertz CT molecular complexity index is 613. The molecule has 0 unspecified atom stereocenters. The monoisotopic (exact) mass is 257 g/mol. The van der Waals surface area contributed by atoms with E-state index in [1.165, 1.54) is 12.3 Å². The highest BCUT2D eigenvalue weighted by Crippen LogP contribution is 2.15. The second-order valence-corrected chi connectivity index (χ2v) is 4.17. The molecule has 4 heteroatoms. The van der Waals surface area contributed by atoms with Crippen molar-refractivity contribution in [2.24, 2.45) is 0 Å². The molecule has 0 amide bonds. The molecule has 0 aliphatic heterocycles. The Morgan fingerprint density at radius 1 is 1.26 bits per heavy atom. The van der Waals surface area contributed by atoms with Gasteiger partial charge in [-0.1, -0.05) is 24.3 Å². The van der Waals surface area contributed by atoms with Gasteiger partial charge in [-0.3, -0.25) is 4.79 Å². The molecule has 0 spiro atoms. The van der Waals surface area contributed by atoms with Gasteiger partial charge in [0.05, 0.1) is 6.61 Å². The van der Waals surface area contributed by atoms with E-state index in [0.717, 1.165) is 5.56 Å². The summed E-state index contributed by atoms with van der Waals surface area (Å²) in [5.74, 6) is -0.559. The Morgan fingerprint density at radius 2 is 2.00 bits per heavy atom. The number of aromatic amines is 1. The smallest absolute Gasteiger partial charge is 0.354 e. The zero-order valence-electron chi connectivity index (χ0n) is 10.9. The summed E-state index contributed by atoms with van der Waals surface area (Å²) in [6.45, 7) is 3.92. The van der Waals surface area contributed by atoms with Gasteiger partial charge in [-0.05, 0) is 25.5 Å². The molecule has 0 radical (unpaired) electrons. The molecule has 0 bridgehead atoms. The van der Waals surface area contributed by atoms with Gasteiger partial charge >= 0.3 is 5.97 Å². The van der Waals surface area contributed by atoms with Crippen molar-refractivity contribution in [2.45, 2.75) is 13.8 Å². The predicted molar refractivity (Wildman–Crippen MR) is 71.4 cm³/mol. The Labute approximate surface area is 111 Å². The highest BCUT2D eigenvalue weighted by Gasteiger charge is 2.16. The van der Waals surface area contributed by atoms with Gasteiger partial charge in [-0.25, -0.2) is 4.79 Å². The molecule has 0 aliphatic carbocycles. The standard InChI is InChI=1S/C15H15NO3/c1-3-19-15(18)13-8-11(9-16-13)14(17)12-7-5-4-6-10(12)2/h4-9,16H,3H2,1-2H3. The molecule has 2 rings (SSSR count). The summed E-state index contributed by atoms with van der Waals surface area (Å²) in [6.07, 6.45) is 1.53.